The quantitative estimate of drug-likeness (QED) is 0.726. The number of rotatable bonds is 5. The summed E-state index contributed by atoms with van der Waals surface area (Å²) < 4.78 is 4.96. The van der Waals surface area contributed by atoms with E-state index < -0.39 is 0 Å². The molecule has 1 aromatic carbocycles. The van der Waals surface area contributed by atoms with E-state index in [-0.39, 0.29) is 5.91 Å². The second-order valence-corrected chi connectivity index (χ2v) is 7.30. The number of pyridine rings is 1. The van der Waals surface area contributed by atoms with Crippen molar-refractivity contribution in [3.8, 4) is 0 Å². The third kappa shape index (κ3) is 4.39. The minimum Gasteiger partial charge on any atom is -0.360 e. The Morgan fingerprint density at radius 2 is 1.96 bits per heavy atom. The highest BCUT2D eigenvalue weighted by Gasteiger charge is 2.20. The van der Waals surface area contributed by atoms with Crippen LogP contribution in [0.2, 0.25) is 0 Å². The molecule has 0 unspecified atom stereocenters. The van der Waals surface area contributed by atoms with E-state index in [1.807, 2.05) is 6.07 Å². The number of amides is 1. The molecular weight excluding hydrogens is 352 g/mol. The van der Waals surface area contributed by atoms with Gasteiger partial charge < -0.3 is 14.7 Å². The first kappa shape index (κ1) is 18.2. The number of aromatic nitrogens is 2. The van der Waals surface area contributed by atoms with Gasteiger partial charge in [0.2, 0.25) is 0 Å². The fraction of sp³-hybridized carbons (Fsp3) is 0.318. The lowest BCUT2D eigenvalue weighted by atomic mass is 9.90. The number of hydrogen-bond donors (Lipinski definition) is 1. The number of benzene rings is 1. The van der Waals surface area contributed by atoms with Crippen molar-refractivity contribution in [3.05, 3.63) is 71.6 Å². The van der Waals surface area contributed by atoms with E-state index in [2.05, 4.69) is 50.7 Å². The summed E-state index contributed by atoms with van der Waals surface area (Å²) in [7, 11) is 0. The molecule has 3 aromatic rings. The van der Waals surface area contributed by atoms with E-state index in [0.29, 0.717) is 17.1 Å². The number of carbonyl (C=O) groups is 1. The summed E-state index contributed by atoms with van der Waals surface area (Å²) >= 11 is 0. The van der Waals surface area contributed by atoms with Gasteiger partial charge >= 0.3 is 0 Å². The van der Waals surface area contributed by atoms with Crippen LogP contribution in [0.25, 0.3) is 0 Å². The van der Waals surface area contributed by atoms with E-state index in [1.54, 1.807) is 25.3 Å². The number of anilines is 2. The Morgan fingerprint density at radius 3 is 2.61 bits per heavy atom. The van der Waals surface area contributed by atoms with Crippen molar-refractivity contribution in [1.29, 1.82) is 0 Å². The van der Waals surface area contributed by atoms with Crippen molar-refractivity contribution < 1.29 is 9.32 Å². The summed E-state index contributed by atoms with van der Waals surface area (Å²) in [6.45, 7) is 3.77. The summed E-state index contributed by atoms with van der Waals surface area (Å²) in [5.74, 6) is 2.46. The second-order valence-electron chi connectivity index (χ2n) is 7.30. The van der Waals surface area contributed by atoms with Crippen molar-refractivity contribution >= 4 is 17.5 Å². The van der Waals surface area contributed by atoms with E-state index in [1.165, 1.54) is 5.56 Å². The summed E-state index contributed by atoms with van der Waals surface area (Å²) in [5, 5.41) is 6.48. The van der Waals surface area contributed by atoms with Crippen molar-refractivity contribution in [2.75, 3.05) is 23.3 Å². The van der Waals surface area contributed by atoms with Crippen molar-refractivity contribution in [2.45, 2.75) is 26.2 Å². The standard InChI is InChI=1S/C22H24N4O2/c1-16-13-20(25-28-16)24-22(27)19-7-8-21(23-15-19)26-11-9-18(10-12-26)14-17-5-3-2-4-6-17/h2-8,13,15,18H,9-12,14H2,1H3,(H,24,25,27). The van der Waals surface area contributed by atoms with Gasteiger partial charge in [0, 0.05) is 25.4 Å². The van der Waals surface area contributed by atoms with Gasteiger partial charge in [-0.1, -0.05) is 35.5 Å². The van der Waals surface area contributed by atoms with Crippen LogP contribution in [0.15, 0.2) is 59.3 Å². The van der Waals surface area contributed by atoms with Crippen molar-refractivity contribution in [1.82, 2.24) is 10.1 Å². The van der Waals surface area contributed by atoms with Gasteiger partial charge in [0.25, 0.3) is 5.91 Å². The van der Waals surface area contributed by atoms with E-state index >= 15 is 0 Å². The highest BCUT2D eigenvalue weighted by Crippen LogP contribution is 2.25. The first-order valence-corrected chi connectivity index (χ1v) is 9.67. The molecule has 1 aliphatic heterocycles. The molecule has 1 amide bonds. The lowest BCUT2D eigenvalue weighted by molar-refractivity contribution is 0.102. The van der Waals surface area contributed by atoms with Crippen LogP contribution in [-0.4, -0.2) is 29.1 Å². The maximum atomic E-state index is 12.3. The van der Waals surface area contributed by atoms with Crippen LogP contribution >= 0.6 is 0 Å². The Morgan fingerprint density at radius 1 is 1.18 bits per heavy atom. The van der Waals surface area contributed by atoms with Gasteiger partial charge in [-0.15, -0.1) is 0 Å². The first-order chi connectivity index (χ1) is 13.7. The number of piperidine rings is 1. The van der Waals surface area contributed by atoms with Gasteiger partial charge in [-0.3, -0.25) is 4.79 Å². The molecule has 1 aliphatic rings. The molecular formula is C22H24N4O2. The SMILES string of the molecule is Cc1cc(NC(=O)c2ccc(N3CCC(Cc4ccccc4)CC3)nc2)no1. The third-order valence-electron chi connectivity index (χ3n) is 5.19. The van der Waals surface area contributed by atoms with Crippen LogP contribution < -0.4 is 10.2 Å². The highest BCUT2D eigenvalue weighted by atomic mass is 16.5. The zero-order valence-corrected chi connectivity index (χ0v) is 16.0. The molecule has 6 heteroatoms. The third-order valence-corrected chi connectivity index (χ3v) is 5.19. The number of nitrogens with one attached hydrogen (secondary N) is 1. The fourth-order valence-corrected chi connectivity index (χ4v) is 3.63. The predicted molar refractivity (Wildman–Crippen MR) is 109 cm³/mol. The van der Waals surface area contributed by atoms with E-state index in [4.69, 9.17) is 4.52 Å². The Bertz CT molecular complexity index is 913. The van der Waals surface area contributed by atoms with Gasteiger partial charge in [-0.05, 0) is 49.8 Å². The van der Waals surface area contributed by atoms with Crippen LogP contribution in [0, 0.1) is 12.8 Å². The maximum Gasteiger partial charge on any atom is 0.258 e. The Kier molecular flexibility index (Phi) is 5.37. The van der Waals surface area contributed by atoms with Crippen LogP contribution in [-0.2, 0) is 6.42 Å². The van der Waals surface area contributed by atoms with Gasteiger partial charge in [0.15, 0.2) is 5.82 Å². The topological polar surface area (TPSA) is 71.3 Å². The Hall–Kier alpha value is -3.15. The Labute approximate surface area is 164 Å². The monoisotopic (exact) mass is 376 g/mol. The Balaban J connectivity index is 1.31. The molecule has 2 aromatic heterocycles. The molecule has 1 N–H and O–H groups in total. The molecule has 1 fully saturated rings. The van der Waals surface area contributed by atoms with Crippen LogP contribution in [0.5, 0.6) is 0 Å². The van der Waals surface area contributed by atoms with Crippen molar-refractivity contribution in [3.63, 3.8) is 0 Å². The van der Waals surface area contributed by atoms with Crippen LogP contribution in [0.4, 0.5) is 11.6 Å². The number of carbonyl (C=O) groups excluding carboxylic acids is 1. The average Bonchev–Trinajstić information content (AvgIpc) is 3.14. The largest absolute Gasteiger partial charge is 0.360 e. The van der Waals surface area contributed by atoms with Crippen LogP contribution in [0.1, 0.15) is 34.5 Å². The molecule has 0 atom stereocenters. The predicted octanol–water partition coefficient (Wildman–Crippen LogP) is 4.09. The van der Waals surface area contributed by atoms with Gasteiger partial charge in [0.1, 0.15) is 11.6 Å². The van der Waals surface area contributed by atoms with Gasteiger partial charge in [-0.25, -0.2) is 4.98 Å². The smallest absolute Gasteiger partial charge is 0.258 e. The zero-order valence-electron chi connectivity index (χ0n) is 16.0. The lowest BCUT2D eigenvalue weighted by Gasteiger charge is -2.33. The second kappa shape index (κ2) is 8.25. The fourth-order valence-electron chi connectivity index (χ4n) is 3.63. The molecule has 0 radical (unpaired) electrons. The molecule has 0 saturated carbocycles. The summed E-state index contributed by atoms with van der Waals surface area (Å²) in [4.78, 5) is 19.1. The summed E-state index contributed by atoms with van der Waals surface area (Å²) in [5.41, 5.74) is 1.92. The first-order valence-electron chi connectivity index (χ1n) is 9.67. The molecule has 4 rings (SSSR count). The zero-order chi connectivity index (χ0) is 19.3. The molecule has 1 saturated heterocycles. The van der Waals surface area contributed by atoms with Crippen LogP contribution in [0.3, 0.4) is 0 Å². The maximum absolute atomic E-state index is 12.3. The molecule has 3 heterocycles. The normalized spacial score (nSPS) is 14.8. The van der Waals surface area contributed by atoms with E-state index in [9.17, 15) is 4.79 Å². The molecule has 28 heavy (non-hydrogen) atoms. The molecule has 0 bridgehead atoms. The number of hydrogen-bond acceptors (Lipinski definition) is 5. The minimum absolute atomic E-state index is 0.242. The lowest BCUT2D eigenvalue weighted by Crippen LogP contribution is -2.34. The molecule has 0 spiro atoms. The van der Waals surface area contributed by atoms with Crippen molar-refractivity contribution in [2.24, 2.45) is 5.92 Å². The molecule has 144 valence electrons. The van der Waals surface area contributed by atoms with E-state index in [0.717, 1.165) is 44.1 Å². The highest BCUT2D eigenvalue weighted by molar-refractivity contribution is 6.03. The average molecular weight is 376 g/mol. The number of aryl methyl sites for hydroxylation is 1. The minimum atomic E-state index is -0.242. The van der Waals surface area contributed by atoms with Gasteiger partial charge in [-0.2, -0.15) is 0 Å². The molecule has 0 aliphatic carbocycles. The number of nitrogens with zero attached hydrogens (tertiary/aromatic N) is 3. The summed E-state index contributed by atoms with van der Waals surface area (Å²) in [6.07, 6.45) is 5.07. The molecule has 6 nitrogen and oxygen atoms in total. The van der Waals surface area contributed by atoms with Gasteiger partial charge in [0.05, 0.1) is 5.56 Å². The summed E-state index contributed by atoms with van der Waals surface area (Å²) in [6, 6.07) is 16.1.